The van der Waals surface area contributed by atoms with Gasteiger partial charge in [-0.25, -0.2) is 0 Å². The van der Waals surface area contributed by atoms with Crippen molar-refractivity contribution in [1.29, 1.82) is 0 Å². The van der Waals surface area contributed by atoms with Gasteiger partial charge in [0.25, 0.3) is 0 Å². The van der Waals surface area contributed by atoms with Gasteiger partial charge in [-0.05, 0) is 12.8 Å². The standard InChI is InChI=1S/C15H28/c1-3-5-7-9-11-13-15-14-12-10-8-6-4-2/h1,3H,2,4-15H2. The molecule has 0 unspecified atom stereocenters. The summed E-state index contributed by atoms with van der Waals surface area (Å²) in [5, 5.41) is 0. The molecule has 0 saturated heterocycles. The smallest absolute Gasteiger partial charge is 0.0348 e. The normalized spacial score (nSPS) is 10.5. The summed E-state index contributed by atoms with van der Waals surface area (Å²) in [5.74, 6) is 0. The second-order valence-corrected chi connectivity index (χ2v) is 4.41. The van der Waals surface area contributed by atoms with Gasteiger partial charge >= 0.3 is 0 Å². The highest BCUT2D eigenvalue weighted by Crippen LogP contribution is 2.11. The monoisotopic (exact) mass is 208 g/mol. The molecular formula is C15H28. The van der Waals surface area contributed by atoms with Crippen LogP contribution in [0.1, 0.15) is 77.0 Å². The zero-order chi connectivity index (χ0) is 11.2. The molecule has 0 amide bonds. The molecular weight excluding hydrogens is 180 g/mol. The number of unbranched alkanes of at least 4 members (excludes halogenated alkanes) is 11. The first kappa shape index (κ1) is 14.7. The summed E-state index contributed by atoms with van der Waals surface area (Å²) in [7, 11) is 0. The third-order valence-electron chi connectivity index (χ3n) is 2.87. The molecule has 2 radical (unpaired) electrons. The van der Waals surface area contributed by atoms with Crippen LogP contribution in [0.5, 0.6) is 0 Å². The Labute approximate surface area is 97.2 Å². The van der Waals surface area contributed by atoms with Crippen molar-refractivity contribution in [1.82, 2.24) is 0 Å². The summed E-state index contributed by atoms with van der Waals surface area (Å²) < 4.78 is 0. The van der Waals surface area contributed by atoms with Gasteiger partial charge in [0, 0.05) is 0 Å². The summed E-state index contributed by atoms with van der Waals surface area (Å²) in [6.45, 7) is 9.18. The Morgan fingerprint density at radius 1 is 0.667 bits per heavy atom. The van der Waals surface area contributed by atoms with E-state index in [-0.39, 0.29) is 0 Å². The Morgan fingerprint density at radius 3 is 1.47 bits per heavy atom. The van der Waals surface area contributed by atoms with Crippen LogP contribution in [0.4, 0.5) is 0 Å². The van der Waals surface area contributed by atoms with Crippen molar-refractivity contribution in [2.45, 2.75) is 77.0 Å². The quantitative estimate of drug-likeness (QED) is 0.372. The lowest BCUT2D eigenvalue weighted by Crippen LogP contribution is -1.81. The molecule has 88 valence electrons. The first-order valence-corrected chi connectivity index (χ1v) is 6.74. The first-order valence-electron chi connectivity index (χ1n) is 6.74. The van der Waals surface area contributed by atoms with Crippen LogP contribution in [-0.4, -0.2) is 0 Å². The fourth-order valence-corrected chi connectivity index (χ4v) is 1.85. The summed E-state index contributed by atoms with van der Waals surface area (Å²) in [6, 6.07) is 0. The van der Waals surface area contributed by atoms with Crippen molar-refractivity contribution >= 4 is 0 Å². The van der Waals surface area contributed by atoms with Gasteiger partial charge in [0.05, 0.1) is 0 Å². The molecule has 0 aromatic heterocycles. The highest BCUT2D eigenvalue weighted by molar-refractivity contribution is 4.61. The molecule has 0 aromatic carbocycles. The van der Waals surface area contributed by atoms with Crippen molar-refractivity contribution in [3.8, 4) is 0 Å². The molecule has 0 atom stereocenters. The summed E-state index contributed by atoms with van der Waals surface area (Å²) >= 11 is 0. The van der Waals surface area contributed by atoms with Crippen molar-refractivity contribution < 1.29 is 0 Å². The molecule has 0 nitrogen and oxygen atoms in total. The molecule has 0 bridgehead atoms. The number of hydrogen-bond acceptors (Lipinski definition) is 0. The summed E-state index contributed by atoms with van der Waals surface area (Å²) in [6.07, 6.45) is 17.8. The number of allylic oxidation sites excluding steroid dienone is 1. The average molecular weight is 208 g/mol. The van der Waals surface area contributed by atoms with E-state index in [0.29, 0.717) is 0 Å². The van der Waals surface area contributed by atoms with Gasteiger partial charge in [-0.2, -0.15) is 0 Å². The lowest BCUT2D eigenvalue weighted by molar-refractivity contribution is 0.553. The van der Waals surface area contributed by atoms with Gasteiger partial charge in [-0.3, -0.25) is 0 Å². The van der Waals surface area contributed by atoms with E-state index in [0.717, 1.165) is 12.8 Å². The first-order chi connectivity index (χ1) is 7.41. The minimum atomic E-state index is 1.09. The van der Waals surface area contributed by atoms with Crippen LogP contribution in [0.3, 0.4) is 0 Å². The number of hydrogen-bond donors (Lipinski definition) is 0. The maximum atomic E-state index is 5.32. The van der Waals surface area contributed by atoms with E-state index in [9.17, 15) is 0 Å². The highest BCUT2D eigenvalue weighted by Gasteiger charge is 1.91. The van der Waals surface area contributed by atoms with Gasteiger partial charge < -0.3 is 0 Å². The molecule has 0 aliphatic heterocycles. The Balaban J connectivity index is 2.83. The van der Waals surface area contributed by atoms with E-state index in [1.54, 1.807) is 6.08 Å². The van der Waals surface area contributed by atoms with Gasteiger partial charge in [0.1, 0.15) is 0 Å². The third kappa shape index (κ3) is 13.7. The predicted octanol–water partition coefficient (Wildman–Crippen LogP) is 5.49. The predicted molar refractivity (Wildman–Crippen MR) is 69.6 cm³/mol. The summed E-state index contributed by atoms with van der Waals surface area (Å²) in [5.41, 5.74) is 0. The van der Waals surface area contributed by atoms with Gasteiger partial charge in [0.15, 0.2) is 0 Å². The van der Waals surface area contributed by atoms with Crippen molar-refractivity contribution in [2.75, 3.05) is 0 Å². The van der Waals surface area contributed by atoms with Crippen LogP contribution in [0, 0.1) is 13.5 Å². The zero-order valence-corrected chi connectivity index (χ0v) is 10.3. The number of rotatable bonds is 12. The molecule has 0 spiro atoms. The molecule has 0 heteroatoms. The minimum Gasteiger partial charge on any atom is -0.0845 e. The van der Waals surface area contributed by atoms with Crippen molar-refractivity contribution in [3.63, 3.8) is 0 Å². The van der Waals surface area contributed by atoms with E-state index < -0.39 is 0 Å². The van der Waals surface area contributed by atoms with Crippen LogP contribution < -0.4 is 0 Å². The second kappa shape index (κ2) is 13.7. The summed E-state index contributed by atoms with van der Waals surface area (Å²) in [4.78, 5) is 0. The maximum absolute atomic E-state index is 5.32. The van der Waals surface area contributed by atoms with Crippen molar-refractivity contribution in [2.24, 2.45) is 0 Å². The topological polar surface area (TPSA) is 0 Å². The fourth-order valence-electron chi connectivity index (χ4n) is 1.85. The Morgan fingerprint density at radius 2 is 1.07 bits per heavy atom. The third-order valence-corrected chi connectivity index (χ3v) is 2.87. The van der Waals surface area contributed by atoms with Crippen LogP contribution >= 0.6 is 0 Å². The largest absolute Gasteiger partial charge is 0.0845 e. The van der Waals surface area contributed by atoms with E-state index in [2.05, 4.69) is 6.92 Å². The highest BCUT2D eigenvalue weighted by atomic mass is 14.0. The Hall–Kier alpha value is -0.260. The van der Waals surface area contributed by atoms with E-state index in [1.807, 2.05) is 0 Å². The van der Waals surface area contributed by atoms with Gasteiger partial charge in [-0.1, -0.05) is 83.8 Å². The second-order valence-electron chi connectivity index (χ2n) is 4.41. The SMILES string of the molecule is [CH]=CCCCCCCCCCCCC[CH2]. The molecule has 0 saturated carbocycles. The Kier molecular flexibility index (Phi) is 13.5. The molecule has 0 aromatic rings. The van der Waals surface area contributed by atoms with Crippen LogP contribution in [-0.2, 0) is 0 Å². The Bertz CT molecular complexity index is 115. The molecule has 0 aliphatic carbocycles. The molecule has 15 heavy (non-hydrogen) atoms. The molecule has 0 aliphatic rings. The average Bonchev–Trinajstić information content (AvgIpc) is 2.26. The lowest BCUT2D eigenvalue weighted by atomic mass is 10.1. The van der Waals surface area contributed by atoms with Crippen LogP contribution in [0.15, 0.2) is 6.08 Å². The molecule has 0 N–H and O–H groups in total. The van der Waals surface area contributed by atoms with E-state index >= 15 is 0 Å². The van der Waals surface area contributed by atoms with Crippen LogP contribution in [0.2, 0.25) is 0 Å². The lowest BCUT2D eigenvalue weighted by Gasteiger charge is -2.01. The molecule has 0 heterocycles. The zero-order valence-electron chi connectivity index (χ0n) is 10.3. The molecule has 0 rings (SSSR count). The van der Waals surface area contributed by atoms with E-state index in [4.69, 9.17) is 6.58 Å². The van der Waals surface area contributed by atoms with E-state index in [1.165, 1.54) is 64.2 Å². The van der Waals surface area contributed by atoms with Gasteiger partial charge in [0.2, 0.25) is 0 Å². The van der Waals surface area contributed by atoms with Gasteiger partial charge in [-0.15, -0.1) is 0 Å². The van der Waals surface area contributed by atoms with Crippen molar-refractivity contribution in [3.05, 3.63) is 19.6 Å². The maximum Gasteiger partial charge on any atom is -0.0348 e. The molecule has 0 fully saturated rings. The minimum absolute atomic E-state index is 1.09. The fraction of sp³-hybridized carbons (Fsp3) is 0.800. The van der Waals surface area contributed by atoms with Crippen LogP contribution in [0.25, 0.3) is 0 Å².